The predicted octanol–water partition coefficient (Wildman–Crippen LogP) is 3.63. The SMILES string of the molecule is COc1ccc(COc2ccc(Br)cc2N)cc1OC. The molecule has 0 amide bonds. The first-order chi connectivity index (χ1) is 9.63. The van der Waals surface area contributed by atoms with Crippen LogP contribution in [-0.4, -0.2) is 14.2 Å². The fraction of sp³-hybridized carbons (Fsp3) is 0.200. The van der Waals surface area contributed by atoms with Crippen molar-refractivity contribution in [2.24, 2.45) is 0 Å². The molecular weight excluding hydrogens is 322 g/mol. The normalized spacial score (nSPS) is 10.2. The molecule has 0 unspecified atom stereocenters. The van der Waals surface area contributed by atoms with Crippen LogP contribution in [0.15, 0.2) is 40.9 Å². The van der Waals surface area contributed by atoms with E-state index in [4.69, 9.17) is 19.9 Å². The van der Waals surface area contributed by atoms with Crippen LogP contribution in [0.3, 0.4) is 0 Å². The summed E-state index contributed by atoms with van der Waals surface area (Å²) >= 11 is 3.36. The van der Waals surface area contributed by atoms with Crippen LogP contribution in [0, 0.1) is 0 Å². The van der Waals surface area contributed by atoms with E-state index < -0.39 is 0 Å². The zero-order chi connectivity index (χ0) is 14.5. The standard InChI is InChI=1S/C15H16BrNO3/c1-18-14-5-3-10(7-15(14)19-2)9-20-13-6-4-11(16)8-12(13)17/h3-8H,9,17H2,1-2H3. The Morgan fingerprint density at radius 1 is 0.950 bits per heavy atom. The van der Waals surface area contributed by atoms with Crippen molar-refractivity contribution in [1.82, 2.24) is 0 Å². The smallest absolute Gasteiger partial charge is 0.161 e. The van der Waals surface area contributed by atoms with Gasteiger partial charge in [0.1, 0.15) is 12.4 Å². The number of nitrogen functional groups attached to an aromatic ring is 1. The van der Waals surface area contributed by atoms with E-state index in [1.54, 1.807) is 14.2 Å². The molecule has 0 atom stereocenters. The largest absolute Gasteiger partial charge is 0.493 e. The minimum Gasteiger partial charge on any atom is -0.493 e. The summed E-state index contributed by atoms with van der Waals surface area (Å²) in [4.78, 5) is 0. The fourth-order valence-electron chi connectivity index (χ4n) is 1.78. The fourth-order valence-corrected chi connectivity index (χ4v) is 2.16. The maximum absolute atomic E-state index is 5.89. The summed E-state index contributed by atoms with van der Waals surface area (Å²) in [6.45, 7) is 0.409. The van der Waals surface area contributed by atoms with Gasteiger partial charge in [0.05, 0.1) is 19.9 Å². The number of anilines is 1. The summed E-state index contributed by atoms with van der Waals surface area (Å²) in [6, 6.07) is 11.2. The van der Waals surface area contributed by atoms with Gasteiger partial charge in [0.15, 0.2) is 11.5 Å². The number of ether oxygens (including phenoxy) is 3. The number of hydrogen-bond acceptors (Lipinski definition) is 4. The molecule has 0 spiro atoms. The van der Waals surface area contributed by atoms with Crippen molar-refractivity contribution in [3.63, 3.8) is 0 Å². The van der Waals surface area contributed by atoms with Crippen molar-refractivity contribution in [3.8, 4) is 17.2 Å². The van der Waals surface area contributed by atoms with Crippen molar-refractivity contribution in [2.45, 2.75) is 6.61 Å². The Hall–Kier alpha value is -1.88. The Labute approximate surface area is 126 Å². The minimum atomic E-state index is 0.409. The predicted molar refractivity (Wildman–Crippen MR) is 82.4 cm³/mol. The van der Waals surface area contributed by atoms with Gasteiger partial charge in [0, 0.05) is 4.47 Å². The van der Waals surface area contributed by atoms with E-state index in [2.05, 4.69) is 15.9 Å². The van der Waals surface area contributed by atoms with Crippen molar-refractivity contribution in [3.05, 3.63) is 46.4 Å². The molecule has 2 rings (SSSR count). The van der Waals surface area contributed by atoms with Crippen LogP contribution in [0.4, 0.5) is 5.69 Å². The highest BCUT2D eigenvalue weighted by molar-refractivity contribution is 9.10. The molecule has 0 radical (unpaired) electrons. The second-order valence-corrected chi connectivity index (χ2v) is 5.08. The van der Waals surface area contributed by atoms with E-state index in [1.165, 1.54) is 0 Å². The number of benzene rings is 2. The molecule has 106 valence electrons. The summed E-state index contributed by atoms with van der Waals surface area (Å²) in [5.41, 5.74) is 7.46. The molecule has 0 saturated heterocycles. The summed E-state index contributed by atoms with van der Waals surface area (Å²) in [6.07, 6.45) is 0. The highest BCUT2D eigenvalue weighted by atomic mass is 79.9. The molecule has 0 aliphatic carbocycles. The quantitative estimate of drug-likeness (QED) is 0.846. The highest BCUT2D eigenvalue weighted by Crippen LogP contribution is 2.29. The van der Waals surface area contributed by atoms with Crippen LogP contribution in [0.1, 0.15) is 5.56 Å². The van der Waals surface area contributed by atoms with Crippen LogP contribution in [0.25, 0.3) is 0 Å². The lowest BCUT2D eigenvalue weighted by Gasteiger charge is -2.12. The lowest BCUT2D eigenvalue weighted by Crippen LogP contribution is -2.00. The van der Waals surface area contributed by atoms with Gasteiger partial charge in [-0.05, 0) is 35.9 Å². The van der Waals surface area contributed by atoms with Gasteiger partial charge in [-0.25, -0.2) is 0 Å². The first-order valence-electron chi connectivity index (χ1n) is 6.02. The van der Waals surface area contributed by atoms with E-state index in [9.17, 15) is 0 Å². The second-order valence-electron chi connectivity index (χ2n) is 4.16. The van der Waals surface area contributed by atoms with Gasteiger partial charge in [-0.3, -0.25) is 0 Å². The van der Waals surface area contributed by atoms with Gasteiger partial charge in [-0.2, -0.15) is 0 Å². The van der Waals surface area contributed by atoms with Gasteiger partial charge >= 0.3 is 0 Å². The average Bonchev–Trinajstić information content (AvgIpc) is 2.46. The Morgan fingerprint density at radius 3 is 2.30 bits per heavy atom. The number of halogens is 1. The number of nitrogens with two attached hydrogens (primary N) is 1. The van der Waals surface area contributed by atoms with Gasteiger partial charge < -0.3 is 19.9 Å². The Kier molecular flexibility index (Phi) is 4.74. The van der Waals surface area contributed by atoms with Gasteiger partial charge in [-0.15, -0.1) is 0 Å². The van der Waals surface area contributed by atoms with E-state index in [-0.39, 0.29) is 0 Å². The molecule has 2 aromatic rings. The first-order valence-corrected chi connectivity index (χ1v) is 6.82. The first kappa shape index (κ1) is 14.5. The van der Waals surface area contributed by atoms with Crippen LogP contribution < -0.4 is 19.9 Å². The zero-order valence-electron chi connectivity index (χ0n) is 11.4. The molecule has 0 aliphatic heterocycles. The third-order valence-corrected chi connectivity index (χ3v) is 3.31. The van der Waals surface area contributed by atoms with Crippen LogP contribution in [0.2, 0.25) is 0 Å². The van der Waals surface area contributed by atoms with Gasteiger partial charge in [0.25, 0.3) is 0 Å². The number of hydrogen-bond donors (Lipinski definition) is 1. The van der Waals surface area contributed by atoms with Crippen molar-refractivity contribution < 1.29 is 14.2 Å². The second kappa shape index (κ2) is 6.52. The molecule has 0 aliphatic rings. The molecule has 0 bridgehead atoms. The summed E-state index contributed by atoms with van der Waals surface area (Å²) in [7, 11) is 3.21. The van der Waals surface area contributed by atoms with Crippen molar-refractivity contribution in [1.29, 1.82) is 0 Å². The van der Waals surface area contributed by atoms with Crippen molar-refractivity contribution >= 4 is 21.6 Å². The molecule has 5 heteroatoms. The molecule has 0 heterocycles. The molecule has 0 saturated carbocycles. The molecule has 2 aromatic carbocycles. The monoisotopic (exact) mass is 337 g/mol. The molecule has 2 N–H and O–H groups in total. The average molecular weight is 338 g/mol. The molecule has 20 heavy (non-hydrogen) atoms. The summed E-state index contributed by atoms with van der Waals surface area (Å²) in [5, 5.41) is 0. The lowest BCUT2D eigenvalue weighted by atomic mass is 10.2. The van der Waals surface area contributed by atoms with Crippen molar-refractivity contribution in [2.75, 3.05) is 20.0 Å². The maximum atomic E-state index is 5.89. The Balaban J connectivity index is 2.10. The highest BCUT2D eigenvalue weighted by Gasteiger charge is 2.06. The summed E-state index contributed by atoms with van der Waals surface area (Å²) < 4.78 is 17.1. The minimum absolute atomic E-state index is 0.409. The van der Waals surface area contributed by atoms with Gasteiger partial charge in [0.2, 0.25) is 0 Å². The Bertz CT molecular complexity index is 602. The van der Waals surface area contributed by atoms with E-state index in [0.29, 0.717) is 29.5 Å². The topological polar surface area (TPSA) is 53.7 Å². The molecule has 4 nitrogen and oxygen atoms in total. The van der Waals surface area contributed by atoms with Crippen LogP contribution in [0.5, 0.6) is 17.2 Å². The zero-order valence-corrected chi connectivity index (χ0v) is 12.9. The molecular formula is C15H16BrNO3. The maximum Gasteiger partial charge on any atom is 0.161 e. The number of rotatable bonds is 5. The summed E-state index contributed by atoms with van der Waals surface area (Å²) in [5.74, 6) is 2.03. The Morgan fingerprint density at radius 2 is 1.65 bits per heavy atom. The lowest BCUT2D eigenvalue weighted by molar-refractivity contribution is 0.305. The number of methoxy groups -OCH3 is 2. The molecule has 0 aromatic heterocycles. The molecule has 0 fully saturated rings. The third-order valence-electron chi connectivity index (χ3n) is 2.81. The van der Waals surface area contributed by atoms with Gasteiger partial charge in [-0.1, -0.05) is 22.0 Å². The van der Waals surface area contributed by atoms with Crippen LogP contribution in [-0.2, 0) is 6.61 Å². The van der Waals surface area contributed by atoms with E-state index in [0.717, 1.165) is 10.0 Å². The third kappa shape index (κ3) is 3.36. The van der Waals surface area contributed by atoms with E-state index in [1.807, 2.05) is 36.4 Å². The van der Waals surface area contributed by atoms with Crippen LogP contribution >= 0.6 is 15.9 Å². The van der Waals surface area contributed by atoms with E-state index >= 15 is 0 Å².